The Balaban J connectivity index is 2.13. The lowest BCUT2D eigenvalue weighted by Crippen LogP contribution is -2.02. The highest BCUT2D eigenvalue weighted by Gasteiger charge is 2.18. The molecule has 0 aliphatic rings. The van der Waals surface area contributed by atoms with Crippen LogP contribution in [0, 0.1) is 10.1 Å². The van der Waals surface area contributed by atoms with Gasteiger partial charge in [-0.15, -0.1) is 0 Å². The second kappa shape index (κ2) is 5.79. The van der Waals surface area contributed by atoms with E-state index in [0.29, 0.717) is 24.2 Å². The molecule has 0 fully saturated rings. The molecule has 0 radical (unpaired) electrons. The first-order valence-corrected chi connectivity index (χ1v) is 6.73. The highest BCUT2D eigenvalue weighted by atomic mass is 16.6. The van der Waals surface area contributed by atoms with Crippen molar-refractivity contribution in [3.05, 3.63) is 52.0 Å². The first kappa shape index (κ1) is 14.6. The van der Waals surface area contributed by atoms with E-state index in [4.69, 9.17) is 4.74 Å². The molecule has 23 heavy (non-hydrogen) atoms. The summed E-state index contributed by atoms with van der Waals surface area (Å²) in [5, 5.41) is 15.1. The third-order valence-corrected chi connectivity index (χ3v) is 3.17. The molecule has 1 aromatic carbocycles. The zero-order chi connectivity index (χ0) is 16.4. The second-order valence-corrected chi connectivity index (χ2v) is 4.62. The fourth-order valence-electron chi connectivity index (χ4n) is 2.03. The predicted molar refractivity (Wildman–Crippen MR) is 78.7 cm³/mol. The van der Waals surface area contributed by atoms with Gasteiger partial charge in [-0.25, -0.2) is 4.98 Å². The number of carbonyl (C=O) groups excluding carboxylic acids is 1. The highest BCUT2D eigenvalue weighted by molar-refractivity contribution is 5.77. The maximum atomic E-state index is 11.1. The summed E-state index contributed by atoms with van der Waals surface area (Å²) in [5.74, 6) is 0.508. The summed E-state index contributed by atoms with van der Waals surface area (Å²) in [6, 6.07) is 5.51. The van der Waals surface area contributed by atoms with Gasteiger partial charge >= 0.3 is 5.69 Å². The van der Waals surface area contributed by atoms with Crippen molar-refractivity contribution in [3.8, 4) is 11.6 Å². The number of fused-ring (bicyclic) bond motifs is 1. The third-order valence-electron chi connectivity index (χ3n) is 3.17. The zero-order valence-electron chi connectivity index (χ0n) is 12.0. The van der Waals surface area contributed by atoms with E-state index in [1.807, 2.05) is 6.92 Å². The molecular formula is C14H11N5O4. The largest absolute Gasteiger partial charge is 0.432 e. The van der Waals surface area contributed by atoms with E-state index in [1.165, 1.54) is 29.0 Å². The SMILES string of the molecule is CCc1cc(Oc2cc(C=O)ccc2[N+](=O)[O-])n2ncnc2n1. The molecule has 0 N–H and O–H groups in total. The minimum Gasteiger partial charge on any atom is -0.432 e. The molecule has 2 aromatic heterocycles. The van der Waals surface area contributed by atoms with E-state index in [0.717, 1.165) is 0 Å². The molecule has 0 atom stereocenters. The lowest BCUT2D eigenvalue weighted by atomic mass is 10.2. The van der Waals surface area contributed by atoms with Crippen LogP contribution in [0.4, 0.5) is 5.69 Å². The van der Waals surface area contributed by atoms with Crippen molar-refractivity contribution >= 4 is 17.8 Å². The van der Waals surface area contributed by atoms with Crippen LogP contribution < -0.4 is 4.74 Å². The molecule has 0 amide bonds. The molecule has 0 aliphatic carbocycles. The van der Waals surface area contributed by atoms with E-state index in [9.17, 15) is 14.9 Å². The van der Waals surface area contributed by atoms with Crippen molar-refractivity contribution < 1.29 is 14.5 Å². The Bertz CT molecular complexity index is 905. The number of benzene rings is 1. The summed E-state index contributed by atoms with van der Waals surface area (Å²) < 4.78 is 6.98. The first-order valence-electron chi connectivity index (χ1n) is 6.73. The van der Waals surface area contributed by atoms with E-state index in [2.05, 4.69) is 15.1 Å². The third kappa shape index (κ3) is 2.71. The minimum absolute atomic E-state index is 0.0512. The molecule has 9 nitrogen and oxygen atoms in total. The van der Waals surface area contributed by atoms with Gasteiger partial charge in [0.1, 0.15) is 12.6 Å². The van der Waals surface area contributed by atoms with Crippen molar-refractivity contribution in [1.82, 2.24) is 19.6 Å². The average Bonchev–Trinajstić information content (AvgIpc) is 3.03. The van der Waals surface area contributed by atoms with Gasteiger partial charge in [0.15, 0.2) is 0 Å². The second-order valence-electron chi connectivity index (χ2n) is 4.62. The van der Waals surface area contributed by atoms with Crippen molar-refractivity contribution in [2.75, 3.05) is 0 Å². The van der Waals surface area contributed by atoms with Gasteiger partial charge in [-0.2, -0.15) is 14.6 Å². The van der Waals surface area contributed by atoms with Crippen LogP contribution in [0.3, 0.4) is 0 Å². The van der Waals surface area contributed by atoms with Gasteiger partial charge < -0.3 is 4.74 Å². The Labute approximate surface area is 129 Å². The molecule has 2 heterocycles. The molecule has 0 aliphatic heterocycles. The van der Waals surface area contributed by atoms with Crippen molar-refractivity contribution in [2.24, 2.45) is 0 Å². The molecule has 0 saturated carbocycles. The number of hydrogen-bond acceptors (Lipinski definition) is 7. The summed E-state index contributed by atoms with van der Waals surface area (Å²) in [5.41, 5.74) is 0.721. The van der Waals surface area contributed by atoms with Crippen LogP contribution in [0.25, 0.3) is 5.78 Å². The molecule has 3 aromatic rings. The molecular weight excluding hydrogens is 302 g/mol. The number of carbonyl (C=O) groups is 1. The van der Waals surface area contributed by atoms with E-state index < -0.39 is 4.92 Å². The van der Waals surface area contributed by atoms with Gasteiger partial charge in [0.05, 0.1) is 4.92 Å². The standard InChI is InChI=1S/C14H11N5O4/c1-2-10-6-13(18-14(17-10)15-8-16-18)23-12-5-9(7-20)3-4-11(12)19(21)22/h3-8H,2H2,1H3. The minimum atomic E-state index is -0.579. The molecule has 0 bridgehead atoms. The molecule has 116 valence electrons. The molecule has 0 saturated heterocycles. The monoisotopic (exact) mass is 313 g/mol. The number of nitro benzene ring substituents is 1. The van der Waals surface area contributed by atoms with Crippen LogP contribution in [0.2, 0.25) is 0 Å². The Morgan fingerprint density at radius 1 is 1.39 bits per heavy atom. The van der Waals surface area contributed by atoms with Crippen molar-refractivity contribution in [1.29, 1.82) is 0 Å². The predicted octanol–water partition coefficient (Wildman–Crippen LogP) is 2.20. The number of hydrogen-bond donors (Lipinski definition) is 0. The Morgan fingerprint density at radius 2 is 2.22 bits per heavy atom. The Kier molecular flexibility index (Phi) is 3.67. The van der Waals surface area contributed by atoms with Crippen LogP contribution in [-0.2, 0) is 6.42 Å². The summed E-state index contributed by atoms with van der Waals surface area (Å²) in [6.07, 6.45) is 2.53. The maximum Gasteiger partial charge on any atom is 0.311 e. The number of aromatic nitrogens is 4. The van der Waals surface area contributed by atoms with Gasteiger partial charge in [0, 0.05) is 23.4 Å². The molecule has 0 spiro atoms. The highest BCUT2D eigenvalue weighted by Crippen LogP contribution is 2.32. The van der Waals surface area contributed by atoms with Gasteiger partial charge in [0.25, 0.3) is 5.78 Å². The Morgan fingerprint density at radius 3 is 2.91 bits per heavy atom. The summed E-state index contributed by atoms with van der Waals surface area (Å²) in [4.78, 5) is 29.7. The maximum absolute atomic E-state index is 11.1. The molecule has 9 heteroatoms. The van der Waals surface area contributed by atoms with Gasteiger partial charge in [-0.3, -0.25) is 14.9 Å². The van der Waals surface area contributed by atoms with Crippen LogP contribution in [0.1, 0.15) is 23.0 Å². The van der Waals surface area contributed by atoms with Gasteiger partial charge in [0.2, 0.25) is 11.6 Å². The van der Waals surface area contributed by atoms with Crippen molar-refractivity contribution in [3.63, 3.8) is 0 Å². The van der Waals surface area contributed by atoms with Crippen LogP contribution >= 0.6 is 0 Å². The van der Waals surface area contributed by atoms with Gasteiger partial charge in [-0.05, 0) is 18.6 Å². The van der Waals surface area contributed by atoms with Crippen molar-refractivity contribution in [2.45, 2.75) is 13.3 Å². The van der Waals surface area contributed by atoms with Crippen LogP contribution in [0.15, 0.2) is 30.6 Å². The summed E-state index contributed by atoms with van der Waals surface area (Å²) >= 11 is 0. The number of ether oxygens (including phenoxy) is 1. The number of rotatable bonds is 5. The van der Waals surface area contributed by atoms with Crippen LogP contribution in [-0.4, -0.2) is 30.8 Å². The molecule has 0 unspecified atom stereocenters. The number of aldehydes is 1. The van der Waals surface area contributed by atoms with E-state index in [-0.39, 0.29) is 22.9 Å². The summed E-state index contributed by atoms with van der Waals surface area (Å²) in [6.45, 7) is 1.91. The van der Waals surface area contributed by atoms with E-state index in [1.54, 1.807) is 6.07 Å². The fraction of sp³-hybridized carbons (Fsp3) is 0.143. The average molecular weight is 313 g/mol. The van der Waals surface area contributed by atoms with Crippen LogP contribution in [0.5, 0.6) is 11.6 Å². The zero-order valence-corrected chi connectivity index (χ0v) is 12.0. The number of aryl methyl sites for hydroxylation is 1. The lowest BCUT2D eigenvalue weighted by Gasteiger charge is -2.09. The smallest absolute Gasteiger partial charge is 0.311 e. The quantitative estimate of drug-likeness (QED) is 0.403. The number of nitro groups is 1. The summed E-state index contributed by atoms with van der Waals surface area (Å²) in [7, 11) is 0. The fourth-order valence-corrected chi connectivity index (χ4v) is 2.03. The first-order chi connectivity index (χ1) is 11.1. The molecule has 3 rings (SSSR count). The van der Waals surface area contributed by atoms with Gasteiger partial charge in [-0.1, -0.05) is 6.92 Å². The van der Waals surface area contributed by atoms with E-state index >= 15 is 0 Å². The normalized spacial score (nSPS) is 10.7. The Hall–Kier alpha value is -3.36. The topological polar surface area (TPSA) is 113 Å². The lowest BCUT2D eigenvalue weighted by molar-refractivity contribution is -0.385. The number of nitrogens with zero attached hydrogens (tertiary/aromatic N) is 5.